The lowest BCUT2D eigenvalue weighted by molar-refractivity contribution is -0.145. The number of hydrogen-bond acceptors (Lipinski definition) is 5. The molecule has 3 rings (SSSR count). The molecule has 10 heteroatoms. The molecule has 0 aromatic rings. The van der Waals surface area contributed by atoms with E-state index >= 15 is 0 Å². The Kier molecular flexibility index (Phi) is 4.38. The molecule has 1 aliphatic heterocycles. The molecule has 37 heavy (non-hydrogen) atoms. The number of hydrogen-bond donors (Lipinski definition) is 4. The smallest absolute Gasteiger partial charge is 0.315 e. The van der Waals surface area contributed by atoms with E-state index in [0.29, 0.717) is 11.3 Å². The average Bonchev–Trinajstić information content (AvgIpc) is 3.15. The minimum Gasteiger partial charge on any atom is -0.363 e. The van der Waals surface area contributed by atoms with Gasteiger partial charge in [0.1, 0.15) is 12.1 Å². The van der Waals surface area contributed by atoms with Crippen LogP contribution in [0, 0.1) is 28.6 Å². The summed E-state index contributed by atoms with van der Waals surface area (Å²) in [7, 11) is 0. The highest BCUT2D eigenvalue weighted by Gasteiger charge is 2.70. The van der Waals surface area contributed by atoms with Crippen molar-refractivity contribution in [2.24, 2.45) is 34.3 Å². The minimum atomic E-state index is -3.96. The monoisotopic (exact) mass is 531 g/mol. The number of urea groups is 1. The Bertz CT molecular complexity index is 1350. The van der Waals surface area contributed by atoms with Crippen molar-refractivity contribution < 1.29 is 40.4 Å². The summed E-state index contributed by atoms with van der Waals surface area (Å²) in [6.45, 7) is -4.29. The Labute approximate surface area is 237 Å². The zero-order valence-corrected chi connectivity index (χ0v) is 21.8. The summed E-state index contributed by atoms with van der Waals surface area (Å²) in [6.07, 6.45) is -1.82. The number of rotatable bonds is 8. The number of primary amides is 1. The number of fused-ring (bicyclic) bond motifs is 1. The van der Waals surface area contributed by atoms with E-state index in [1.807, 2.05) is 10.6 Å². The van der Waals surface area contributed by atoms with Gasteiger partial charge in [0.15, 0.2) is 0 Å². The van der Waals surface area contributed by atoms with Gasteiger partial charge in [-0.25, -0.2) is 4.79 Å². The molecule has 1 heterocycles. The van der Waals surface area contributed by atoms with Gasteiger partial charge in [-0.05, 0) is 55.7 Å². The van der Waals surface area contributed by atoms with E-state index in [4.69, 9.17) is 22.2 Å². The zero-order chi connectivity index (χ0) is 38.3. The van der Waals surface area contributed by atoms with Gasteiger partial charge in [-0.3, -0.25) is 19.2 Å². The van der Waals surface area contributed by atoms with Crippen LogP contribution in [0.15, 0.2) is 0 Å². The predicted octanol–water partition coefficient (Wildman–Crippen LogP) is 1.71. The normalized spacial score (nSPS) is 33.3. The third-order valence-electron chi connectivity index (χ3n) is 7.36. The van der Waals surface area contributed by atoms with Crippen molar-refractivity contribution in [2.45, 2.75) is 104 Å². The maximum Gasteiger partial charge on any atom is 0.315 e. The van der Waals surface area contributed by atoms with Crippen molar-refractivity contribution in [3.63, 3.8) is 0 Å². The number of nitrogens with two attached hydrogens (primary N) is 1. The summed E-state index contributed by atoms with van der Waals surface area (Å²) in [4.78, 5) is 67.6. The molecular formula is C27H45N5O5. The van der Waals surface area contributed by atoms with Crippen molar-refractivity contribution in [1.29, 1.82) is 0 Å². The summed E-state index contributed by atoms with van der Waals surface area (Å²) in [6, 6.07) is -9.12. The highest BCUT2D eigenvalue weighted by atomic mass is 16.2. The molecule has 1 saturated heterocycles. The molecule has 0 aromatic heterocycles. The summed E-state index contributed by atoms with van der Waals surface area (Å²) < 4.78 is 99.8. The lowest BCUT2D eigenvalue weighted by Gasteiger charge is -2.38. The molecule has 3 fully saturated rings. The van der Waals surface area contributed by atoms with Crippen LogP contribution in [0.1, 0.15) is 97.3 Å². The van der Waals surface area contributed by atoms with E-state index in [2.05, 4.69) is 5.32 Å². The van der Waals surface area contributed by atoms with Crippen molar-refractivity contribution >= 4 is 29.5 Å². The molecule has 10 nitrogen and oxygen atoms in total. The minimum absolute atomic E-state index is 0.229. The molecule has 0 spiro atoms. The first-order valence-electron chi connectivity index (χ1n) is 18.3. The van der Waals surface area contributed by atoms with E-state index < -0.39 is 109 Å². The highest BCUT2D eigenvalue weighted by Crippen LogP contribution is 2.65. The van der Waals surface area contributed by atoms with Crippen molar-refractivity contribution in [3.8, 4) is 0 Å². The third-order valence-corrected chi connectivity index (χ3v) is 7.36. The number of carbonyl (C=O) groups excluding carboxylic acids is 5. The van der Waals surface area contributed by atoms with Crippen molar-refractivity contribution in [3.05, 3.63) is 0 Å². The summed E-state index contributed by atoms with van der Waals surface area (Å²) in [5, 5.41) is 6.37. The first-order chi connectivity index (χ1) is 21.7. The molecule has 0 bridgehead atoms. The van der Waals surface area contributed by atoms with Gasteiger partial charge in [-0.2, -0.15) is 0 Å². The van der Waals surface area contributed by atoms with Crippen LogP contribution in [-0.2, 0) is 19.2 Å². The molecular weight excluding hydrogens is 474 g/mol. The van der Waals surface area contributed by atoms with Gasteiger partial charge in [0.25, 0.3) is 5.91 Å². The van der Waals surface area contributed by atoms with Crippen molar-refractivity contribution in [2.75, 3.05) is 6.54 Å². The predicted molar refractivity (Wildman–Crippen MR) is 139 cm³/mol. The topological polar surface area (TPSA) is 151 Å². The average molecular weight is 532 g/mol. The molecule has 5 amide bonds. The Morgan fingerprint density at radius 3 is 2.24 bits per heavy atom. The largest absolute Gasteiger partial charge is 0.363 e. The van der Waals surface area contributed by atoms with Crippen LogP contribution in [0.2, 0.25) is 0 Å². The van der Waals surface area contributed by atoms with Gasteiger partial charge in [0.05, 0.1) is 7.39 Å². The summed E-state index contributed by atoms with van der Waals surface area (Å²) in [5.41, 5.74) is -0.499. The van der Waals surface area contributed by atoms with Gasteiger partial charge in [-0.1, -0.05) is 53.7 Å². The van der Waals surface area contributed by atoms with E-state index in [1.165, 1.54) is 20.8 Å². The van der Waals surface area contributed by atoms with Gasteiger partial charge < -0.3 is 26.6 Å². The van der Waals surface area contributed by atoms with Crippen LogP contribution >= 0.6 is 0 Å². The van der Waals surface area contributed by atoms with E-state index in [1.54, 1.807) is 13.8 Å². The molecule has 0 aromatic carbocycles. The van der Waals surface area contributed by atoms with Crippen LogP contribution in [0.3, 0.4) is 0 Å². The highest BCUT2D eigenvalue weighted by molar-refractivity contribution is 6.37. The molecule has 5 N–H and O–H groups in total. The molecule has 0 unspecified atom stereocenters. The van der Waals surface area contributed by atoms with Crippen LogP contribution in [-0.4, -0.2) is 64.6 Å². The number of likely N-dealkylation sites (tertiary alicyclic amines) is 1. The number of ketones is 1. The molecule has 2 saturated carbocycles. The molecule has 3 aliphatic rings. The maximum atomic E-state index is 14.6. The van der Waals surface area contributed by atoms with Crippen LogP contribution in [0.5, 0.6) is 0 Å². The van der Waals surface area contributed by atoms with Crippen LogP contribution in [0.25, 0.3) is 0 Å². The number of amides is 5. The number of nitrogens with one attached hydrogen (secondary N) is 3. The van der Waals surface area contributed by atoms with Gasteiger partial charge >= 0.3 is 6.03 Å². The lowest BCUT2D eigenvalue weighted by Crippen LogP contribution is -2.62. The SMILES string of the molecule is [2H]C([2H])([2H])C([C@H](NC(=O)NC(C)(C)C)C(=O)N1C[C@H]2[C@@H]([C@H]1C(=O)N[C@@]([2H])(C(=O)C(N)=O)C([2H])([2H])C1CCC1)C2(C)C)(C([2H])([2H])[2H])C([2H])([2H])[2H]. The lowest BCUT2D eigenvalue weighted by atomic mass is 9.80. The number of nitrogens with zero attached hydrogens (tertiary/aromatic N) is 1. The second-order valence-corrected chi connectivity index (χ2v) is 11.8. The maximum absolute atomic E-state index is 14.6. The first-order valence-corrected chi connectivity index (χ1v) is 12.3. The Morgan fingerprint density at radius 1 is 1.14 bits per heavy atom. The number of piperidine rings is 1. The second-order valence-electron chi connectivity index (χ2n) is 11.8. The Morgan fingerprint density at radius 2 is 1.76 bits per heavy atom. The van der Waals surface area contributed by atoms with E-state index in [0.717, 1.165) is 0 Å². The Hall–Kier alpha value is -2.65. The van der Waals surface area contributed by atoms with Gasteiger partial charge in [-0.15, -0.1) is 0 Å². The summed E-state index contributed by atoms with van der Waals surface area (Å²) >= 11 is 0. The van der Waals surface area contributed by atoms with Crippen molar-refractivity contribution in [1.82, 2.24) is 20.9 Å². The zero-order valence-electron chi connectivity index (χ0n) is 33.8. The van der Waals surface area contributed by atoms with Gasteiger partial charge in [0, 0.05) is 27.2 Å². The molecule has 0 radical (unpaired) electrons. The summed E-state index contributed by atoms with van der Waals surface area (Å²) in [5.74, 6) is -8.60. The fourth-order valence-electron chi connectivity index (χ4n) is 5.08. The van der Waals surface area contributed by atoms with E-state index in [9.17, 15) is 24.0 Å². The van der Waals surface area contributed by atoms with Crippen LogP contribution in [0.4, 0.5) is 4.79 Å². The standard InChI is InChI=1S/C27H45N5O5/c1-25(2,3)20(30-24(37)31-26(4,5)6)23(36)32-13-15-17(27(15,7)8)18(32)22(35)29-16(19(33)21(28)34)12-14-10-9-11-14/h14-18,20H,9-13H2,1-8H3,(H2,28,34)(H,29,35)(H2,30,31,37)/t15-,16+,17-,18-,20+/m0/s1/i1D3,2D3,3D3,12D2,16D. The number of carbonyl (C=O) groups is 5. The molecule has 5 atom stereocenters. The van der Waals surface area contributed by atoms with Gasteiger partial charge in [0.2, 0.25) is 17.6 Å². The quantitative estimate of drug-likeness (QED) is 0.352. The second kappa shape index (κ2) is 9.91. The first kappa shape index (κ1) is 16.3. The molecule has 208 valence electrons. The fourth-order valence-corrected chi connectivity index (χ4v) is 5.08. The third kappa shape index (κ3) is 6.26. The molecule has 2 aliphatic carbocycles. The fraction of sp³-hybridized carbons (Fsp3) is 0.815. The Balaban J connectivity index is 2.22. The van der Waals surface area contributed by atoms with Crippen LogP contribution < -0.4 is 21.7 Å². The number of Topliss-reactive ketones (excluding diaryl/α,β-unsaturated/α-hetero) is 1. The van der Waals surface area contributed by atoms with E-state index in [-0.39, 0.29) is 19.4 Å².